The zero-order chi connectivity index (χ0) is 25.5. The summed E-state index contributed by atoms with van der Waals surface area (Å²) >= 11 is 0. The maximum absolute atomic E-state index is 5.52. The van der Waals surface area contributed by atoms with Crippen molar-refractivity contribution in [1.82, 2.24) is 0 Å². The molecule has 9 nitrogen and oxygen atoms in total. The molecule has 1 atom stereocenters. The lowest BCUT2D eigenvalue weighted by Crippen LogP contribution is -2.15. The van der Waals surface area contributed by atoms with Gasteiger partial charge in [-0.05, 0) is 12.3 Å². The molecular formula is C26H54O9. The van der Waals surface area contributed by atoms with Gasteiger partial charge in [0, 0.05) is 13.2 Å². The first-order chi connectivity index (χ1) is 17.3. The van der Waals surface area contributed by atoms with Crippen molar-refractivity contribution in [2.45, 2.75) is 46.5 Å². The van der Waals surface area contributed by atoms with E-state index in [1.165, 1.54) is 12.8 Å². The van der Waals surface area contributed by atoms with Gasteiger partial charge in [0.15, 0.2) is 0 Å². The molecule has 0 saturated heterocycles. The number of hydrogen-bond donors (Lipinski definition) is 0. The van der Waals surface area contributed by atoms with E-state index in [2.05, 4.69) is 20.8 Å². The third kappa shape index (κ3) is 31.6. The minimum Gasteiger partial charge on any atom is -0.379 e. The maximum atomic E-state index is 5.52. The molecule has 0 amide bonds. The van der Waals surface area contributed by atoms with Crippen LogP contribution in [0.5, 0.6) is 0 Å². The molecule has 0 N–H and O–H groups in total. The molecule has 0 saturated carbocycles. The Kier molecular flexibility index (Phi) is 31.3. The van der Waals surface area contributed by atoms with E-state index in [0.717, 1.165) is 26.1 Å². The van der Waals surface area contributed by atoms with Crippen molar-refractivity contribution in [2.24, 2.45) is 5.92 Å². The molecule has 0 heterocycles. The molecule has 35 heavy (non-hydrogen) atoms. The number of ether oxygens (including phenoxy) is 9. The molecule has 0 rings (SSSR count). The zero-order valence-electron chi connectivity index (χ0n) is 22.8. The van der Waals surface area contributed by atoms with E-state index in [9.17, 15) is 0 Å². The summed E-state index contributed by atoms with van der Waals surface area (Å²) in [4.78, 5) is 0. The van der Waals surface area contributed by atoms with E-state index in [1.807, 2.05) is 0 Å². The SMILES string of the molecule is CCCCCOCCOCCOCCOCCOCCOCCOCCOCCOCC(C)CC. The molecule has 0 spiro atoms. The highest BCUT2D eigenvalue weighted by atomic mass is 16.6. The van der Waals surface area contributed by atoms with Crippen molar-refractivity contribution in [1.29, 1.82) is 0 Å². The fourth-order valence-corrected chi connectivity index (χ4v) is 2.62. The number of hydrogen-bond acceptors (Lipinski definition) is 9. The van der Waals surface area contributed by atoms with Gasteiger partial charge in [-0.25, -0.2) is 0 Å². The molecule has 0 aromatic heterocycles. The van der Waals surface area contributed by atoms with E-state index in [-0.39, 0.29) is 0 Å². The molecule has 0 aromatic rings. The van der Waals surface area contributed by atoms with Crippen LogP contribution in [0.25, 0.3) is 0 Å². The van der Waals surface area contributed by atoms with Crippen LogP contribution in [0.1, 0.15) is 46.5 Å². The second-order valence-electron chi connectivity index (χ2n) is 8.19. The monoisotopic (exact) mass is 510 g/mol. The normalized spacial score (nSPS) is 12.4. The van der Waals surface area contributed by atoms with Crippen LogP contribution in [-0.2, 0) is 42.6 Å². The smallest absolute Gasteiger partial charge is 0.0701 e. The van der Waals surface area contributed by atoms with Gasteiger partial charge < -0.3 is 42.6 Å². The summed E-state index contributed by atoms with van der Waals surface area (Å²) in [5.41, 5.74) is 0. The summed E-state index contributed by atoms with van der Waals surface area (Å²) in [6, 6.07) is 0. The van der Waals surface area contributed by atoms with Crippen molar-refractivity contribution in [3.8, 4) is 0 Å². The van der Waals surface area contributed by atoms with E-state index in [1.54, 1.807) is 0 Å². The predicted octanol–water partition coefficient (Wildman–Crippen LogP) is 3.37. The van der Waals surface area contributed by atoms with E-state index in [4.69, 9.17) is 42.6 Å². The highest BCUT2D eigenvalue weighted by Gasteiger charge is 1.98. The van der Waals surface area contributed by atoms with Crippen molar-refractivity contribution >= 4 is 0 Å². The van der Waals surface area contributed by atoms with Crippen LogP contribution in [0.2, 0.25) is 0 Å². The molecule has 0 fully saturated rings. The minimum absolute atomic E-state index is 0.541. The number of rotatable bonds is 31. The lowest BCUT2D eigenvalue weighted by molar-refractivity contribution is -0.0255. The van der Waals surface area contributed by atoms with Crippen LogP contribution < -0.4 is 0 Å². The van der Waals surface area contributed by atoms with Gasteiger partial charge in [0.05, 0.1) is 106 Å². The summed E-state index contributed by atoms with van der Waals surface area (Å²) in [7, 11) is 0. The van der Waals surface area contributed by atoms with Crippen LogP contribution >= 0.6 is 0 Å². The van der Waals surface area contributed by atoms with Crippen LogP contribution in [0, 0.1) is 5.92 Å². The van der Waals surface area contributed by atoms with Crippen LogP contribution in [0.4, 0.5) is 0 Å². The van der Waals surface area contributed by atoms with Crippen LogP contribution in [0.15, 0.2) is 0 Å². The molecule has 9 heteroatoms. The van der Waals surface area contributed by atoms with Crippen molar-refractivity contribution in [3.05, 3.63) is 0 Å². The lowest BCUT2D eigenvalue weighted by Gasteiger charge is -2.10. The van der Waals surface area contributed by atoms with Gasteiger partial charge in [-0.1, -0.05) is 40.0 Å². The van der Waals surface area contributed by atoms with E-state index < -0.39 is 0 Å². The molecule has 0 aliphatic rings. The first-order valence-corrected chi connectivity index (χ1v) is 13.5. The average Bonchev–Trinajstić information content (AvgIpc) is 2.87. The van der Waals surface area contributed by atoms with Gasteiger partial charge in [0.25, 0.3) is 0 Å². The molecule has 0 aliphatic heterocycles. The van der Waals surface area contributed by atoms with E-state index in [0.29, 0.717) is 112 Å². The van der Waals surface area contributed by atoms with Crippen molar-refractivity contribution in [2.75, 3.05) is 119 Å². The first kappa shape index (κ1) is 34.6. The van der Waals surface area contributed by atoms with E-state index >= 15 is 0 Å². The summed E-state index contributed by atoms with van der Waals surface area (Å²) in [6.45, 7) is 17.3. The lowest BCUT2D eigenvalue weighted by atomic mass is 10.1. The molecule has 212 valence electrons. The zero-order valence-corrected chi connectivity index (χ0v) is 22.8. The Morgan fingerprint density at radius 1 is 0.371 bits per heavy atom. The number of unbranched alkanes of at least 4 members (excludes halogenated alkanes) is 2. The summed E-state index contributed by atoms with van der Waals surface area (Å²) in [5, 5.41) is 0. The Labute approximate surface area is 214 Å². The van der Waals surface area contributed by atoms with Crippen LogP contribution in [-0.4, -0.2) is 119 Å². The Morgan fingerprint density at radius 2 is 0.657 bits per heavy atom. The third-order valence-electron chi connectivity index (χ3n) is 4.97. The quantitative estimate of drug-likeness (QED) is 0.130. The molecule has 0 radical (unpaired) electrons. The summed E-state index contributed by atoms with van der Waals surface area (Å²) in [6.07, 6.45) is 4.70. The minimum atomic E-state index is 0.541. The second kappa shape index (κ2) is 31.7. The molecular weight excluding hydrogens is 456 g/mol. The molecule has 1 unspecified atom stereocenters. The standard InChI is InChI=1S/C26H54O9/c1-4-6-7-8-27-9-10-28-11-12-29-13-14-30-15-16-31-17-18-32-19-20-33-21-22-34-23-24-35-25-26(3)5-2/h26H,4-25H2,1-3H3. The van der Waals surface area contributed by atoms with Gasteiger partial charge in [-0.15, -0.1) is 0 Å². The topological polar surface area (TPSA) is 83.1 Å². The van der Waals surface area contributed by atoms with Gasteiger partial charge in [0.2, 0.25) is 0 Å². The van der Waals surface area contributed by atoms with Crippen molar-refractivity contribution in [3.63, 3.8) is 0 Å². The van der Waals surface area contributed by atoms with Gasteiger partial charge >= 0.3 is 0 Å². The second-order valence-corrected chi connectivity index (χ2v) is 8.19. The van der Waals surface area contributed by atoms with Crippen LogP contribution in [0.3, 0.4) is 0 Å². The Balaban J connectivity index is 3.02. The summed E-state index contributed by atoms with van der Waals surface area (Å²) in [5.74, 6) is 0.606. The Hall–Kier alpha value is -0.360. The Bertz CT molecular complexity index is 375. The highest BCUT2D eigenvalue weighted by molar-refractivity contribution is 4.46. The largest absolute Gasteiger partial charge is 0.379 e. The Morgan fingerprint density at radius 3 is 0.943 bits per heavy atom. The summed E-state index contributed by atoms with van der Waals surface area (Å²) < 4.78 is 49.2. The average molecular weight is 511 g/mol. The van der Waals surface area contributed by atoms with Gasteiger partial charge in [-0.2, -0.15) is 0 Å². The highest BCUT2D eigenvalue weighted by Crippen LogP contribution is 2.00. The molecule has 0 aromatic carbocycles. The first-order valence-electron chi connectivity index (χ1n) is 13.5. The fraction of sp³-hybridized carbons (Fsp3) is 1.00. The predicted molar refractivity (Wildman–Crippen MR) is 136 cm³/mol. The molecule has 0 aliphatic carbocycles. The third-order valence-corrected chi connectivity index (χ3v) is 4.97. The van der Waals surface area contributed by atoms with Crippen molar-refractivity contribution < 1.29 is 42.6 Å². The fourth-order valence-electron chi connectivity index (χ4n) is 2.62. The molecule has 0 bridgehead atoms. The van der Waals surface area contributed by atoms with Gasteiger partial charge in [0.1, 0.15) is 0 Å². The maximum Gasteiger partial charge on any atom is 0.0701 e. The van der Waals surface area contributed by atoms with Gasteiger partial charge in [-0.3, -0.25) is 0 Å².